The lowest BCUT2D eigenvalue weighted by Gasteiger charge is -2.14. The van der Waals surface area contributed by atoms with Gasteiger partial charge in [0.1, 0.15) is 16.8 Å². The fourth-order valence-corrected chi connectivity index (χ4v) is 1.93. The zero-order valence-electron chi connectivity index (χ0n) is 10.0. The number of aromatic nitrogens is 1. The maximum absolute atomic E-state index is 12.8. The van der Waals surface area contributed by atoms with E-state index in [9.17, 15) is 4.39 Å². The predicted molar refractivity (Wildman–Crippen MR) is 72.4 cm³/mol. The summed E-state index contributed by atoms with van der Waals surface area (Å²) in [5.74, 6) is 0.535. The van der Waals surface area contributed by atoms with E-state index < -0.39 is 0 Å². The molecule has 18 heavy (non-hydrogen) atoms. The van der Waals surface area contributed by atoms with Crippen LogP contribution >= 0.6 is 11.6 Å². The summed E-state index contributed by atoms with van der Waals surface area (Å²) in [4.78, 5) is 4.16. The summed E-state index contributed by atoms with van der Waals surface area (Å²) in [6.45, 7) is 2.05. The van der Waals surface area contributed by atoms with E-state index >= 15 is 0 Å². The highest BCUT2D eigenvalue weighted by molar-refractivity contribution is 6.29. The third kappa shape index (κ3) is 3.70. The average molecular weight is 265 g/mol. The predicted octanol–water partition coefficient (Wildman–Crippen LogP) is 3.92. The first-order chi connectivity index (χ1) is 8.63. The summed E-state index contributed by atoms with van der Waals surface area (Å²) >= 11 is 5.81. The summed E-state index contributed by atoms with van der Waals surface area (Å²) in [6, 6.07) is 12.2. The lowest BCUT2D eigenvalue weighted by molar-refractivity contribution is 0.626. The van der Waals surface area contributed by atoms with E-state index in [1.54, 1.807) is 18.2 Å². The molecule has 0 bridgehead atoms. The zero-order chi connectivity index (χ0) is 13.0. The molecule has 0 saturated carbocycles. The van der Waals surface area contributed by atoms with E-state index in [0.29, 0.717) is 5.15 Å². The topological polar surface area (TPSA) is 24.9 Å². The second-order valence-corrected chi connectivity index (χ2v) is 4.61. The van der Waals surface area contributed by atoms with Gasteiger partial charge < -0.3 is 5.32 Å². The number of benzene rings is 1. The third-order valence-electron chi connectivity index (χ3n) is 2.56. The molecule has 0 spiro atoms. The summed E-state index contributed by atoms with van der Waals surface area (Å²) in [5.41, 5.74) is 1.08. The number of anilines is 1. The van der Waals surface area contributed by atoms with Gasteiger partial charge in [-0.3, -0.25) is 0 Å². The first-order valence-corrected chi connectivity index (χ1v) is 6.15. The molecule has 1 unspecified atom stereocenters. The molecule has 1 N–H and O–H groups in total. The van der Waals surface area contributed by atoms with E-state index in [4.69, 9.17) is 11.6 Å². The van der Waals surface area contributed by atoms with Crippen molar-refractivity contribution in [3.63, 3.8) is 0 Å². The van der Waals surface area contributed by atoms with Crippen molar-refractivity contribution in [3.05, 3.63) is 59.0 Å². The zero-order valence-corrected chi connectivity index (χ0v) is 10.8. The van der Waals surface area contributed by atoms with Crippen LogP contribution in [0.25, 0.3) is 0 Å². The second-order valence-electron chi connectivity index (χ2n) is 4.22. The smallest absolute Gasteiger partial charge is 0.131 e. The Morgan fingerprint density at radius 1 is 1.22 bits per heavy atom. The minimum Gasteiger partial charge on any atom is -0.367 e. The number of rotatable bonds is 4. The number of nitrogens with zero attached hydrogens (tertiary/aromatic N) is 1. The van der Waals surface area contributed by atoms with Gasteiger partial charge in [0.15, 0.2) is 0 Å². The molecule has 1 heterocycles. The molecule has 94 valence electrons. The van der Waals surface area contributed by atoms with Crippen LogP contribution in [-0.2, 0) is 6.42 Å². The molecule has 2 aromatic rings. The molecule has 1 aromatic carbocycles. The number of hydrogen-bond acceptors (Lipinski definition) is 2. The Balaban J connectivity index is 1.96. The fourth-order valence-electron chi connectivity index (χ4n) is 1.77. The summed E-state index contributed by atoms with van der Waals surface area (Å²) < 4.78 is 12.8. The molecule has 0 aliphatic rings. The van der Waals surface area contributed by atoms with Crippen molar-refractivity contribution in [1.82, 2.24) is 4.98 Å². The first-order valence-electron chi connectivity index (χ1n) is 5.77. The van der Waals surface area contributed by atoms with Crippen molar-refractivity contribution in [2.45, 2.75) is 19.4 Å². The van der Waals surface area contributed by atoms with Crippen LogP contribution in [0.2, 0.25) is 5.15 Å². The van der Waals surface area contributed by atoms with Gasteiger partial charge in [0.05, 0.1) is 0 Å². The van der Waals surface area contributed by atoms with Crippen molar-refractivity contribution in [3.8, 4) is 0 Å². The van der Waals surface area contributed by atoms with Crippen LogP contribution in [0.4, 0.5) is 10.2 Å². The average Bonchev–Trinajstić information content (AvgIpc) is 2.32. The number of hydrogen-bond donors (Lipinski definition) is 1. The third-order valence-corrected chi connectivity index (χ3v) is 2.78. The SMILES string of the molecule is CC(Cc1ccc(F)cc1)Nc1cccc(Cl)n1. The fraction of sp³-hybridized carbons (Fsp3) is 0.214. The molecule has 0 amide bonds. The van der Waals surface area contributed by atoms with E-state index in [1.165, 1.54) is 12.1 Å². The van der Waals surface area contributed by atoms with Gasteiger partial charge in [-0.1, -0.05) is 29.8 Å². The van der Waals surface area contributed by atoms with E-state index in [2.05, 4.69) is 10.3 Å². The molecule has 1 aromatic heterocycles. The van der Waals surface area contributed by atoms with E-state index in [-0.39, 0.29) is 11.9 Å². The number of halogens is 2. The van der Waals surface area contributed by atoms with Gasteiger partial charge in [-0.15, -0.1) is 0 Å². The van der Waals surface area contributed by atoms with Crippen molar-refractivity contribution < 1.29 is 4.39 Å². The second kappa shape index (κ2) is 5.83. The molecule has 0 aliphatic carbocycles. The Bertz CT molecular complexity index is 513. The van der Waals surface area contributed by atoms with E-state index in [0.717, 1.165) is 17.8 Å². The lowest BCUT2D eigenvalue weighted by Crippen LogP contribution is -2.18. The minimum atomic E-state index is -0.212. The normalized spacial score (nSPS) is 12.2. The van der Waals surface area contributed by atoms with E-state index in [1.807, 2.05) is 19.1 Å². The van der Waals surface area contributed by atoms with Crippen LogP contribution in [0.5, 0.6) is 0 Å². The van der Waals surface area contributed by atoms with Gasteiger partial charge in [0.25, 0.3) is 0 Å². The summed E-state index contributed by atoms with van der Waals surface area (Å²) in [6.07, 6.45) is 0.800. The molecular weight excluding hydrogens is 251 g/mol. The quantitative estimate of drug-likeness (QED) is 0.847. The number of pyridine rings is 1. The van der Waals surface area contributed by atoms with Crippen LogP contribution in [0.1, 0.15) is 12.5 Å². The molecule has 0 saturated heterocycles. The van der Waals surface area contributed by atoms with Crippen LogP contribution in [0, 0.1) is 5.82 Å². The molecule has 0 radical (unpaired) electrons. The maximum Gasteiger partial charge on any atom is 0.131 e. The van der Waals surface area contributed by atoms with Gasteiger partial charge in [0.2, 0.25) is 0 Å². The van der Waals surface area contributed by atoms with Crippen molar-refractivity contribution in [2.24, 2.45) is 0 Å². The van der Waals surface area contributed by atoms with Crippen LogP contribution in [0.15, 0.2) is 42.5 Å². The summed E-state index contributed by atoms with van der Waals surface area (Å²) in [5, 5.41) is 3.72. The Kier molecular flexibility index (Phi) is 4.15. The Hall–Kier alpha value is -1.61. The summed E-state index contributed by atoms with van der Waals surface area (Å²) in [7, 11) is 0. The Morgan fingerprint density at radius 2 is 1.94 bits per heavy atom. The van der Waals surface area contributed by atoms with Gasteiger partial charge in [0, 0.05) is 6.04 Å². The van der Waals surface area contributed by atoms with Gasteiger partial charge >= 0.3 is 0 Å². The highest BCUT2D eigenvalue weighted by Gasteiger charge is 2.05. The standard InChI is InChI=1S/C14H14ClFN2/c1-10(9-11-5-7-12(16)8-6-11)17-14-4-2-3-13(15)18-14/h2-8,10H,9H2,1H3,(H,17,18). The molecule has 1 atom stereocenters. The first kappa shape index (κ1) is 12.8. The van der Waals surface area contributed by atoms with Crippen molar-refractivity contribution in [1.29, 1.82) is 0 Å². The molecule has 4 heteroatoms. The van der Waals surface area contributed by atoms with Crippen LogP contribution in [-0.4, -0.2) is 11.0 Å². The van der Waals surface area contributed by atoms with Gasteiger partial charge in [-0.2, -0.15) is 0 Å². The minimum absolute atomic E-state index is 0.196. The lowest BCUT2D eigenvalue weighted by atomic mass is 10.1. The molecular formula is C14H14ClFN2. The molecule has 0 aliphatic heterocycles. The van der Waals surface area contributed by atoms with Gasteiger partial charge in [-0.25, -0.2) is 9.37 Å². The number of nitrogens with one attached hydrogen (secondary N) is 1. The Morgan fingerprint density at radius 3 is 2.61 bits per heavy atom. The molecule has 2 nitrogen and oxygen atoms in total. The van der Waals surface area contributed by atoms with Crippen LogP contribution < -0.4 is 5.32 Å². The maximum atomic E-state index is 12.8. The molecule has 2 rings (SSSR count). The van der Waals surface area contributed by atoms with Gasteiger partial charge in [-0.05, 0) is 43.2 Å². The van der Waals surface area contributed by atoms with Crippen LogP contribution in [0.3, 0.4) is 0 Å². The highest BCUT2D eigenvalue weighted by atomic mass is 35.5. The largest absolute Gasteiger partial charge is 0.367 e. The Labute approximate surface area is 111 Å². The molecule has 0 fully saturated rings. The van der Waals surface area contributed by atoms with Crippen molar-refractivity contribution >= 4 is 17.4 Å². The van der Waals surface area contributed by atoms with Crippen molar-refractivity contribution in [2.75, 3.05) is 5.32 Å². The highest BCUT2D eigenvalue weighted by Crippen LogP contribution is 2.12. The monoisotopic (exact) mass is 264 g/mol.